The van der Waals surface area contributed by atoms with E-state index in [-0.39, 0.29) is 5.56 Å². The number of aromatic nitrogens is 6. The second-order valence-electron chi connectivity index (χ2n) is 9.47. The van der Waals surface area contributed by atoms with E-state index < -0.39 is 6.04 Å². The predicted octanol–water partition coefficient (Wildman–Crippen LogP) is 3.24. The minimum atomic E-state index is -0.391. The number of aromatic amines is 1. The SMILES string of the molecule is CCc1ccc2[nH]c(=O)c([C@@H](c3nnnn3CCOC)N3CCN(c4nc5ccccc5s4)CC3)cc2c1. The molecule has 0 unspecified atom stereocenters. The van der Waals surface area contributed by atoms with Gasteiger partial charge in [0.25, 0.3) is 5.56 Å². The monoisotopic (exact) mass is 530 g/mol. The third kappa shape index (κ3) is 4.68. The Balaban J connectivity index is 1.35. The van der Waals surface area contributed by atoms with Gasteiger partial charge < -0.3 is 14.6 Å². The van der Waals surface area contributed by atoms with Gasteiger partial charge in [-0.3, -0.25) is 9.69 Å². The summed E-state index contributed by atoms with van der Waals surface area (Å²) in [5.41, 5.74) is 3.60. The Hall–Kier alpha value is -3.67. The second kappa shape index (κ2) is 10.6. The molecule has 1 saturated heterocycles. The van der Waals surface area contributed by atoms with Gasteiger partial charge in [0.15, 0.2) is 11.0 Å². The molecule has 4 heterocycles. The van der Waals surface area contributed by atoms with E-state index in [9.17, 15) is 4.79 Å². The number of thiazole rings is 1. The molecule has 0 spiro atoms. The Labute approximate surface area is 223 Å². The maximum atomic E-state index is 13.5. The topological polar surface area (TPSA) is 105 Å². The lowest BCUT2D eigenvalue weighted by atomic mass is 10.0. The molecular weight excluding hydrogens is 500 g/mol. The molecule has 3 aromatic heterocycles. The Morgan fingerprint density at radius 3 is 2.74 bits per heavy atom. The predicted molar refractivity (Wildman–Crippen MR) is 149 cm³/mol. The van der Waals surface area contributed by atoms with Crippen molar-refractivity contribution >= 4 is 37.6 Å². The largest absolute Gasteiger partial charge is 0.383 e. The van der Waals surface area contributed by atoms with Crippen molar-refractivity contribution in [2.24, 2.45) is 0 Å². The quantitative estimate of drug-likeness (QED) is 0.326. The van der Waals surface area contributed by atoms with Crippen molar-refractivity contribution in [2.75, 3.05) is 44.8 Å². The number of aryl methyl sites for hydroxylation is 1. The van der Waals surface area contributed by atoms with Crippen molar-refractivity contribution in [3.63, 3.8) is 0 Å². The second-order valence-corrected chi connectivity index (χ2v) is 10.5. The average molecular weight is 531 g/mol. The highest BCUT2D eigenvalue weighted by Gasteiger charge is 2.33. The first kappa shape index (κ1) is 24.7. The average Bonchev–Trinajstić information content (AvgIpc) is 3.60. The molecule has 1 N–H and O–H groups in total. The van der Waals surface area contributed by atoms with Crippen molar-refractivity contribution in [3.05, 3.63) is 75.8 Å². The molecule has 0 aliphatic carbocycles. The summed E-state index contributed by atoms with van der Waals surface area (Å²) in [7, 11) is 1.65. The molecule has 0 saturated carbocycles. The van der Waals surface area contributed by atoms with Crippen molar-refractivity contribution in [1.29, 1.82) is 0 Å². The van der Waals surface area contributed by atoms with Crippen LogP contribution < -0.4 is 10.5 Å². The Morgan fingerprint density at radius 2 is 1.95 bits per heavy atom. The number of nitrogens with one attached hydrogen (secondary N) is 1. The highest BCUT2D eigenvalue weighted by atomic mass is 32.1. The summed E-state index contributed by atoms with van der Waals surface area (Å²) in [5, 5.41) is 14.6. The molecule has 0 radical (unpaired) electrons. The zero-order valence-corrected chi connectivity index (χ0v) is 22.3. The summed E-state index contributed by atoms with van der Waals surface area (Å²) >= 11 is 1.72. The molecule has 10 nitrogen and oxygen atoms in total. The van der Waals surface area contributed by atoms with Crippen LogP contribution in [0.25, 0.3) is 21.1 Å². The van der Waals surface area contributed by atoms with Gasteiger partial charge in [-0.25, -0.2) is 9.67 Å². The van der Waals surface area contributed by atoms with Crippen LogP contribution in [0.5, 0.6) is 0 Å². The van der Waals surface area contributed by atoms with E-state index in [0.29, 0.717) is 24.5 Å². The van der Waals surface area contributed by atoms with E-state index in [1.165, 1.54) is 10.3 Å². The number of pyridine rings is 1. The number of H-pyrrole nitrogens is 1. The molecule has 5 aromatic rings. The standard InChI is InChI=1S/C27H30N8O2S/c1-3-18-8-9-21-19(16-18)17-20(26(36)28-21)24(25-30-31-32-35(25)14-15-37-2)33-10-12-34(13-11-33)27-29-22-6-4-5-7-23(22)38-27/h4-9,16-17,24H,3,10-15H2,1-2H3,(H,28,36)/t24-/m0/s1. The molecule has 1 aliphatic rings. The lowest BCUT2D eigenvalue weighted by Crippen LogP contribution is -2.49. The zero-order valence-electron chi connectivity index (χ0n) is 21.5. The summed E-state index contributed by atoms with van der Waals surface area (Å²) in [4.78, 5) is 26.0. The highest BCUT2D eigenvalue weighted by molar-refractivity contribution is 7.22. The van der Waals surface area contributed by atoms with Gasteiger partial charge in [0.2, 0.25) is 0 Å². The number of fused-ring (bicyclic) bond motifs is 2. The lowest BCUT2D eigenvalue weighted by molar-refractivity contribution is 0.171. The number of methoxy groups -OCH3 is 1. The fourth-order valence-electron chi connectivity index (χ4n) is 5.11. The van der Waals surface area contributed by atoms with E-state index in [4.69, 9.17) is 9.72 Å². The van der Waals surface area contributed by atoms with Crippen LogP contribution >= 0.6 is 11.3 Å². The van der Waals surface area contributed by atoms with Gasteiger partial charge in [-0.05, 0) is 58.1 Å². The minimum Gasteiger partial charge on any atom is -0.383 e. The van der Waals surface area contributed by atoms with Crippen molar-refractivity contribution in [1.82, 2.24) is 35.1 Å². The number of benzene rings is 2. The molecule has 2 aromatic carbocycles. The molecule has 0 amide bonds. The maximum absolute atomic E-state index is 13.5. The van der Waals surface area contributed by atoms with Crippen LogP contribution in [-0.4, -0.2) is 75.0 Å². The van der Waals surface area contributed by atoms with Crippen LogP contribution in [0, 0.1) is 0 Å². The lowest BCUT2D eigenvalue weighted by Gasteiger charge is -2.38. The molecule has 11 heteroatoms. The van der Waals surface area contributed by atoms with Gasteiger partial charge in [0, 0.05) is 44.4 Å². The maximum Gasteiger partial charge on any atom is 0.253 e. The number of para-hydroxylation sites is 1. The first-order valence-corrected chi connectivity index (χ1v) is 13.7. The highest BCUT2D eigenvalue weighted by Crippen LogP contribution is 2.32. The summed E-state index contributed by atoms with van der Waals surface area (Å²) in [6, 6.07) is 16.0. The van der Waals surface area contributed by atoms with Crippen molar-refractivity contribution in [3.8, 4) is 0 Å². The van der Waals surface area contributed by atoms with Gasteiger partial charge >= 0.3 is 0 Å². The number of hydrogen-bond donors (Lipinski definition) is 1. The van der Waals surface area contributed by atoms with Crippen molar-refractivity contribution < 1.29 is 4.74 Å². The summed E-state index contributed by atoms with van der Waals surface area (Å²) in [6.07, 6.45) is 0.927. The normalized spacial score (nSPS) is 15.5. The molecule has 1 fully saturated rings. The van der Waals surface area contributed by atoms with Crippen LogP contribution in [0.2, 0.25) is 0 Å². The van der Waals surface area contributed by atoms with E-state index in [0.717, 1.165) is 54.2 Å². The van der Waals surface area contributed by atoms with Gasteiger partial charge in [-0.2, -0.15) is 0 Å². The fourth-order valence-corrected chi connectivity index (χ4v) is 6.12. The smallest absolute Gasteiger partial charge is 0.253 e. The first-order valence-electron chi connectivity index (χ1n) is 12.9. The third-order valence-electron chi connectivity index (χ3n) is 7.18. The summed E-state index contributed by atoms with van der Waals surface area (Å²) in [5.74, 6) is 0.645. The third-order valence-corrected chi connectivity index (χ3v) is 8.28. The summed E-state index contributed by atoms with van der Waals surface area (Å²) < 4.78 is 8.22. The van der Waals surface area contributed by atoms with Crippen molar-refractivity contribution in [2.45, 2.75) is 25.9 Å². The number of tetrazole rings is 1. The van der Waals surface area contributed by atoms with Crippen LogP contribution in [0.3, 0.4) is 0 Å². The molecule has 196 valence electrons. The summed E-state index contributed by atoms with van der Waals surface area (Å²) in [6.45, 7) is 6.18. The number of ether oxygens (including phenoxy) is 1. The van der Waals surface area contributed by atoms with E-state index in [1.807, 2.05) is 24.3 Å². The van der Waals surface area contributed by atoms with E-state index in [2.05, 4.69) is 61.5 Å². The van der Waals surface area contributed by atoms with Gasteiger partial charge in [-0.15, -0.1) is 5.10 Å². The van der Waals surface area contributed by atoms with E-state index in [1.54, 1.807) is 23.1 Å². The van der Waals surface area contributed by atoms with Crippen LogP contribution in [0.4, 0.5) is 5.13 Å². The number of piperazine rings is 1. The van der Waals surface area contributed by atoms with Crippen LogP contribution in [-0.2, 0) is 17.7 Å². The van der Waals surface area contributed by atoms with E-state index >= 15 is 0 Å². The Bertz CT molecular complexity index is 1590. The van der Waals surface area contributed by atoms with Crippen LogP contribution in [0.15, 0.2) is 53.3 Å². The number of anilines is 1. The number of rotatable bonds is 8. The molecule has 0 bridgehead atoms. The van der Waals surface area contributed by atoms with Crippen LogP contribution in [0.1, 0.15) is 29.9 Å². The Kier molecular flexibility index (Phi) is 6.88. The number of nitrogens with zero attached hydrogens (tertiary/aromatic N) is 7. The molecule has 1 atom stereocenters. The molecule has 1 aliphatic heterocycles. The zero-order chi connectivity index (χ0) is 26.1. The van der Waals surface area contributed by atoms with Gasteiger partial charge in [-0.1, -0.05) is 36.5 Å². The fraction of sp³-hybridized carbons (Fsp3) is 0.370. The number of hydrogen-bond acceptors (Lipinski definition) is 9. The Morgan fingerprint density at radius 1 is 1.11 bits per heavy atom. The molecule has 6 rings (SSSR count). The van der Waals surface area contributed by atoms with Gasteiger partial charge in [0.05, 0.1) is 23.4 Å². The molecular formula is C27H30N8O2S. The molecule has 38 heavy (non-hydrogen) atoms. The van der Waals surface area contributed by atoms with Gasteiger partial charge in [0.1, 0.15) is 6.04 Å². The first-order chi connectivity index (χ1) is 18.6. The minimum absolute atomic E-state index is 0.123.